The summed E-state index contributed by atoms with van der Waals surface area (Å²) >= 11 is 8.00. The molecule has 0 aliphatic carbocycles. The first-order valence-electron chi connectivity index (χ1n) is 6.84. The van der Waals surface area contributed by atoms with E-state index in [1.165, 1.54) is 10.4 Å². The fourth-order valence-electron chi connectivity index (χ4n) is 2.22. The summed E-state index contributed by atoms with van der Waals surface area (Å²) in [6.45, 7) is 3.15. The van der Waals surface area contributed by atoms with Gasteiger partial charge in [0.15, 0.2) is 0 Å². The number of ether oxygens (including phenoxy) is 1. The largest absolute Gasteiger partial charge is 0.496 e. The fraction of sp³-hybridized carbons (Fsp3) is 0.375. The van der Waals surface area contributed by atoms with Gasteiger partial charge in [-0.3, -0.25) is 0 Å². The minimum Gasteiger partial charge on any atom is -0.496 e. The predicted octanol–water partition coefficient (Wildman–Crippen LogP) is 4.69. The Labute approximate surface area is 129 Å². The van der Waals surface area contributed by atoms with Gasteiger partial charge in [-0.15, -0.1) is 11.3 Å². The van der Waals surface area contributed by atoms with Gasteiger partial charge in [0.05, 0.1) is 12.1 Å². The van der Waals surface area contributed by atoms with Gasteiger partial charge >= 0.3 is 0 Å². The molecule has 2 aromatic rings. The highest BCUT2D eigenvalue weighted by atomic mass is 35.5. The molecule has 0 saturated carbocycles. The highest BCUT2D eigenvalue weighted by Crippen LogP contribution is 2.32. The molecule has 1 atom stereocenters. The highest BCUT2D eigenvalue weighted by Gasteiger charge is 2.17. The minimum absolute atomic E-state index is 0.235. The summed E-state index contributed by atoms with van der Waals surface area (Å²) in [5, 5.41) is 6.47. The zero-order valence-corrected chi connectivity index (χ0v) is 13.4. The Bertz CT molecular complexity index is 541. The molecule has 1 aromatic carbocycles. The Morgan fingerprint density at radius 2 is 2.10 bits per heavy atom. The zero-order chi connectivity index (χ0) is 14.4. The van der Waals surface area contributed by atoms with Crippen molar-refractivity contribution < 1.29 is 4.74 Å². The fourth-order valence-corrected chi connectivity index (χ4v) is 3.49. The summed E-state index contributed by atoms with van der Waals surface area (Å²) < 4.78 is 5.44. The standard InChI is InChI=1S/C16H20ClNOS/c1-3-9-18-14(16-13(17)8-10-20-16)11-12-6-4-5-7-15(12)19-2/h4-8,10,14,18H,3,9,11H2,1-2H3. The Balaban J connectivity index is 2.21. The van der Waals surface area contributed by atoms with E-state index in [9.17, 15) is 0 Å². The summed E-state index contributed by atoms with van der Waals surface area (Å²) in [7, 11) is 1.71. The van der Waals surface area contributed by atoms with E-state index in [0.29, 0.717) is 0 Å². The van der Waals surface area contributed by atoms with Crippen LogP contribution in [0.4, 0.5) is 0 Å². The summed E-state index contributed by atoms with van der Waals surface area (Å²) in [5.74, 6) is 0.934. The average molecular weight is 310 g/mol. The second-order valence-electron chi connectivity index (χ2n) is 4.66. The summed E-state index contributed by atoms with van der Waals surface area (Å²) in [5.41, 5.74) is 1.20. The average Bonchev–Trinajstić information content (AvgIpc) is 2.90. The summed E-state index contributed by atoms with van der Waals surface area (Å²) in [4.78, 5) is 1.20. The van der Waals surface area contributed by atoms with Crippen molar-refractivity contribution in [3.63, 3.8) is 0 Å². The van der Waals surface area contributed by atoms with Crippen LogP contribution in [0, 0.1) is 0 Å². The molecule has 1 heterocycles. The maximum Gasteiger partial charge on any atom is 0.122 e. The summed E-state index contributed by atoms with van der Waals surface area (Å²) in [6.07, 6.45) is 1.98. The number of para-hydroxylation sites is 1. The molecule has 108 valence electrons. The molecule has 1 aromatic heterocycles. The van der Waals surface area contributed by atoms with Crippen LogP contribution in [0.15, 0.2) is 35.7 Å². The Morgan fingerprint density at radius 3 is 2.75 bits per heavy atom. The van der Waals surface area contributed by atoms with E-state index in [2.05, 4.69) is 18.3 Å². The third kappa shape index (κ3) is 3.75. The third-order valence-corrected chi connectivity index (χ3v) is 4.69. The normalized spacial score (nSPS) is 12.3. The van der Waals surface area contributed by atoms with Crippen molar-refractivity contribution in [2.24, 2.45) is 0 Å². The topological polar surface area (TPSA) is 21.3 Å². The lowest BCUT2D eigenvalue weighted by molar-refractivity contribution is 0.405. The number of rotatable bonds is 7. The Hall–Kier alpha value is -1.03. The number of nitrogens with one attached hydrogen (secondary N) is 1. The van der Waals surface area contributed by atoms with Crippen LogP contribution in [0.5, 0.6) is 5.75 Å². The molecule has 0 spiro atoms. The molecular weight excluding hydrogens is 290 g/mol. The monoisotopic (exact) mass is 309 g/mol. The van der Waals surface area contributed by atoms with Crippen LogP contribution in [0.1, 0.15) is 29.8 Å². The molecule has 1 unspecified atom stereocenters. The van der Waals surface area contributed by atoms with Gasteiger partial charge in [-0.05, 0) is 42.5 Å². The van der Waals surface area contributed by atoms with E-state index in [0.717, 1.165) is 30.2 Å². The first-order chi connectivity index (χ1) is 9.76. The highest BCUT2D eigenvalue weighted by molar-refractivity contribution is 7.10. The number of benzene rings is 1. The molecule has 20 heavy (non-hydrogen) atoms. The van der Waals surface area contributed by atoms with Crippen LogP contribution in [0.25, 0.3) is 0 Å². The molecule has 0 aliphatic rings. The smallest absolute Gasteiger partial charge is 0.122 e. The van der Waals surface area contributed by atoms with Crippen LogP contribution in [-0.4, -0.2) is 13.7 Å². The molecule has 0 saturated heterocycles. The molecule has 2 rings (SSSR count). The number of thiophene rings is 1. The van der Waals surface area contributed by atoms with Gasteiger partial charge in [-0.25, -0.2) is 0 Å². The predicted molar refractivity (Wildman–Crippen MR) is 87.1 cm³/mol. The zero-order valence-electron chi connectivity index (χ0n) is 11.9. The molecular formula is C16H20ClNOS. The van der Waals surface area contributed by atoms with Gasteiger partial charge in [-0.2, -0.15) is 0 Å². The Kier molecular flexibility index (Phi) is 5.89. The first-order valence-corrected chi connectivity index (χ1v) is 8.10. The van der Waals surface area contributed by atoms with Gasteiger partial charge in [0.2, 0.25) is 0 Å². The van der Waals surface area contributed by atoms with Crippen molar-refractivity contribution >= 4 is 22.9 Å². The molecule has 4 heteroatoms. The van der Waals surface area contributed by atoms with Crippen molar-refractivity contribution in [1.29, 1.82) is 0 Å². The van der Waals surface area contributed by atoms with E-state index in [4.69, 9.17) is 16.3 Å². The maximum absolute atomic E-state index is 6.29. The van der Waals surface area contributed by atoms with Crippen LogP contribution in [0.3, 0.4) is 0 Å². The minimum atomic E-state index is 0.235. The lowest BCUT2D eigenvalue weighted by Gasteiger charge is -2.19. The van der Waals surface area contributed by atoms with E-state index in [1.54, 1.807) is 18.4 Å². The second-order valence-corrected chi connectivity index (χ2v) is 6.01. The van der Waals surface area contributed by atoms with Crippen LogP contribution in [-0.2, 0) is 6.42 Å². The molecule has 0 amide bonds. The maximum atomic E-state index is 6.29. The number of methoxy groups -OCH3 is 1. The number of hydrogen-bond acceptors (Lipinski definition) is 3. The van der Waals surface area contributed by atoms with Gasteiger partial charge in [-0.1, -0.05) is 36.7 Å². The van der Waals surface area contributed by atoms with Crippen LogP contribution < -0.4 is 10.1 Å². The molecule has 0 aliphatic heterocycles. The van der Waals surface area contributed by atoms with Gasteiger partial charge in [0.25, 0.3) is 0 Å². The van der Waals surface area contributed by atoms with Crippen LogP contribution >= 0.6 is 22.9 Å². The van der Waals surface area contributed by atoms with Crippen molar-refractivity contribution in [2.75, 3.05) is 13.7 Å². The molecule has 2 nitrogen and oxygen atoms in total. The first kappa shape index (κ1) is 15.4. The third-order valence-electron chi connectivity index (χ3n) is 3.22. The molecule has 1 N–H and O–H groups in total. The van der Waals surface area contributed by atoms with E-state index in [1.807, 2.05) is 29.6 Å². The van der Waals surface area contributed by atoms with Gasteiger partial charge in [0, 0.05) is 10.9 Å². The lowest BCUT2D eigenvalue weighted by Crippen LogP contribution is -2.23. The van der Waals surface area contributed by atoms with Crippen molar-refractivity contribution in [3.8, 4) is 5.75 Å². The van der Waals surface area contributed by atoms with Gasteiger partial charge < -0.3 is 10.1 Å². The lowest BCUT2D eigenvalue weighted by atomic mass is 10.0. The van der Waals surface area contributed by atoms with Gasteiger partial charge in [0.1, 0.15) is 5.75 Å². The van der Waals surface area contributed by atoms with Crippen molar-refractivity contribution in [2.45, 2.75) is 25.8 Å². The van der Waals surface area contributed by atoms with Crippen LogP contribution in [0.2, 0.25) is 5.02 Å². The quantitative estimate of drug-likeness (QED) is 0.801. The van der Waals surface area contributed by atoms with E-state index in [-0.39, 0.29) is 6.04 Å². The van der Waals surface area contributed by atoms with E-state index >= 15 is 0 Å². The van der Waals surface area contributed by atoms with Crippen molar-refractivity contribution in [1.82, 2.24) is 5.32 Å². The van der Waals surface area contributed by atoms with Crippen molar-refractivity contribution in [3.05, 3.63) is 51.2 Å². The SMILES string of the molecule is CCCNC(Cc1ccccc1OC)c1sccc1Cl. The van der Waals surface area contributed by atoms with E-state index < -0.39 is 0 Å². The molecule has 0 fully saturated rings. The molecule has 0 radical (unpaired) electrons. The molecule has 0 bridgehead atoms. The summed E-state index contributed by atoms with van der Waals surface area (Å²) in [6, 6.07) is 10.4. The number of halogens is 1. The Morgan fingerprint density at radius 1 is 1.30 bits per heavy atom. The number of hydrogen-bond donors (Lipinski definition) is 1. The second kappa shape index (κ2) is 7.67.